The quantitative estimate of drug-likeness (QED) is 0.587. The van der Waals surface area contributed by atoms with Gasteiger partial charge in [-0.1, -0.05) is 11.6 Å². The number of rotatable bonds is 1. The summed E-state index contributed by atoms with van der Waals surface area (Å²) in [6, 6.07) is 1.80. The van der Waals surface area contributed by atoms with Crippen molar-refractivity contribution in [3.63, 3.8) is 0 Å². The van der Waals surface area contributed by atoms with E-state index in [0.29, 0.717) is 0 Å². The summed E-state index contributed by atoms with van der Waals surface area (Å²) in [5.74, 6) is -1.36. The first-order valence-corrected chi connectivity index (χ1v) is 4.08. The smallest absolute Gasteiger partial charge is 0.138 e. The van der Waals surface area contributed by atoms with E-state index in [-0.39, 0.29) is 10.0 Å². The van der Waals surface area contributed by atoms with E-state index in [1.807, 2.05) is 0 Å². The maximum Gasteiger partial charge on any atom is 0.138 e. The molecule has 0 bridgehead atoms. The average Bonchev–Trinajstić information content (AvgIpc) is 1.96. The lowest BCUT2D eigenvalue weighted by atomic mass is 10.2. The van der Waals surface area contributed by atoms with Crippen molar-refractivity contribution in [3.05, 3.63) is 33.8 Å². The predicted octanol–water partition coefficient (Wildman–Crippen LogP) is 3.29. The molecule has 0 amide bonds. The van der Waals surface area contributed by atoms with Crippen molar-refractivity contribution in [2.45, 2.75) is 0 Å². The number of halogens is 4. The minimum atomic E-state index is -0.719. The lowest BCUT2D eigenvalue weighted by molar-refractivity contribution is 0.592. The first kappa shape index (κ1) is 9.61. The highest BCUT2D eigenvalue weighted by Crippen LogP contribution is 2.20. The van der Waals surface area contributed by atoms with E-state index in [4.69, 9.17) is 17.0 Å². The van der Waals surface area contributed by atoms with E-state index in [1.165, 1.54) is 0 Å². The molecular formula is C7H3BrClF2N. The topological polar surface area (TPSA) is 23.9 Å². The molecule has 1 aromatic rings. The third kappa shape index (κ3) is 1.81. The molecule has 5 heteroatoms. The lowest BCUT2D eigenvalue weighted by Gasteiger charge is -2.00. The van der Waals surface area contributed by atoms with Crippen LogP contribution in [0.1, 0.15) is 5.56 Å². The highest BCUT2D eigenvalue weighted by molar-refractivity contribution is 9.10. The molecule has 0 heterocycles. The maximum atomic E-state index is 12.9. The molecule has 0 aromatic heterocycles. The second-order valence-electron chi connectivity index (χ2n) is 2.06. The molecule has 64 valence electrons. The second-order valence-corrected chi connectivity index (χ2v) is 3.29. The minimum absolute atomic E-state index is 0.0154. The van der Waals surface area contributed by atoms with Crippen LogP contribution in [0.3, 0.4) is 0 Å². The molecule has 0 atom stereocenters. The SMILES string of the molecule is N=C(Cl)c1cc(F)c(Br)cc1F. The van der Waals surface area contributed by atoms with Crippen molar-refractivity contribution in [2.24, 2.45) is 0 Å². The molecule has 0 unspecified atom stereocenters. The van der Waals surface area contributed by atoms with Crippen molar-refractivity contribution < 1.29 is 8.78 Å². The first-order valence-electron chi connectivity index (χ1n) is 2.91. The van der Waals surface area contributed by atoms with Gasteiger partial charge in [0.2, 0.25) is 0 Å². The van der Waals surface area contributed by atoms with Crippen LogP contribution in [0.25, 0.3) is 0 Å². The van der Waals surface area contributed by atoms with E-state index in [0.717, 1.165) is 12.1 Å². The molecular weight excluding hydrogens is 251 g/mol. The zero-order valence-corrected chi connectivity index (χ0v) is 8.01. The molecule has 12 heavy (non-hydrogen) atoms. The fraction of sp³-hybridized carbons (Fsp3) is 0. The van der Waals surface area contributed by atoms with Crippen LogP contribution in [0.15, 0.2) is 16.6 Å². The Morgan fingerprint density at radius 3 is 2.42 bits per heavy atom. The van der Waals surface area contributed by atoms with Gasteiger partial charge in [0.05, 0.1) is 4.47 Å². The van der Waals surface area contributed by atoms with Gasteiger partial charge in [0.15, 0.2) is 0 Å². The highest BCUT2D eigenvalue weighted by Gasteiger charge is 2.10. The second kappa shape index (κ2) is 3.49. The zero-order chi connectivity index (χ0) is 9.30. The standard InChI is InChI=1S/C7H3BrClF2N/c8-4-2-5(10)3(7(9)12)1-6(4)11/h1-2,12H. The number of hydrogen-bond donors (Lipinski definition) is 1. The molecule has 0 spiro atoms. The molecule has 0 radical (unpaired) electrons. The van der Waals surface area contributed by atoms with E-state index in [9.17, 15) is 8.78 Å². The monoisotopic (exact) mass is 253 g/mol. The Bertz CT molecular complexity index is 340. The molecule has 0 saturated carbocycles. The largest absolute Gasteiger partial charge is 0.289 e. The number of benzene rings is 1. The van der Waals surface area contributed by atoms with Crippen molar-refractivity contribution in [1.29, 1.82) is 5.41 Å². The summed E-state index contributed by atoms with van der Waals surface area (Å²) in [6.07, 6.45) is 0. The summed E-state index contributed by atoms with van der Waals surface area (Å²) in [6.45, 7) is 0. The van der Waals surface area contributed by atoms with Gasteiger partial charge in [0.25, 0.3) is 0 Å². The Morgan fingerprint density at radius 1 is 1.33 bits per heavy atom. The summed E-state index contributed by atoms with van der Waals surface area (Å²) in [4.78, 5) is 0. The van der Waals surface area contributed by atoms with Crippen LogP contribution in [0.4, 0.5) is 8.78 Å². The Kier molecular flexibility index (Phi) is 2.80. The van der Waals surface area contributed by atoms with Crippen LogP contribution in [-0.2, 0) is 0 Å². The van der Waals surface area contributed by atoms with Crippen LogP contribution in [0, 0.1) is 17.0 Å². The van der Waals surface area contributed by atoms with Crippen LogP contribution in [-0.4, -0.2) is 5.17 Å². The van der Waals surface area contributed by atoms with Crippen molar-refractivity contribution in [1.82, 2.24) is 0 Å². The number of hydrogen-bond acceptors (Lipinski definition) is 1. The van der Waals surface area contributed by atoms with E-state index in [1.54, 1.807) is 0 Å². The molecule has 0 fully saturated rings. The number of nitrogens with one attached hydrogen (secondary N) is 1. The summed E-state index contributed by atoms with van der Waals surface area (Å²) in [7, 11) is 0. The lowest BCUT2D eigenvalue weighted by Crippen LogP contribution is -1.96. The summed E-state index contributed by atoms with van der Waals surface area (Å²) < 4.78 is 25.6. The van der Waals surface area contributed by atoms with Crippen molar-refractivity contribution in [2.75, 3.05) is 0 Å². The van der Waals surface area contributed by atoms with E-state index in [2.05, 4.69) is 15.9 Å². The van der Waals surface area contributed by atoms with Gasteiger partial charge in [-0.05, 0) is 28.1 Å². The van der Waals surface area contributed by atoms with Gasteiger partial charge in [-0.15, -0.1) is 0 Å². The molecule has 0 saturated heterocycles. The molecule has 0 aliphatic rings. The summed E-state index contributed by atoms with van der Waals surface area (Å²) in [5.41, 5.74) is -0.239. The van der Waals surface area contributed by atoms with Crippen LogP contribution >= 0.6 is 27.5 Å². The fourth-order valence-electron chi connectivity index (χ4n) is 0.691. The highest BCUT2D eigenvalue weighted by atomic mass is 79.9. The Morgan fingerprint density at radius 2 is 1.92 bits per heavy atom. The zero-order valence-electron chi connectivity index (χ0n) is 5.67. The fourth-order valence-corrected chi connectivity index (χ4v) is 1.15. The van der Waals surface area contributed by atoms with Gasteiger partial charge in [0.1, 0.15) is 16.8 Å². The molecule has 0 aliphatic carbocycles. The Hall–Kier alpha value is -0.480. The first-order chi connectivity index (χ1) is 5.52. The van der Waals surface area contributed by atoms with Gasteiger partial charge in [-0.2, -0.15) is 0 Å². The van der Waals surface area contributed by atoms with Crippen molar-refractivity contribution >= 4 is 32.7 Å². The van der Waals surface area contributed by atoms with Crippen molar-refractivity contribution in [3.8, 4) is 0 Å². The van der Waals surface area contributed by atoms with Crippen LogP contribution in [0.5, 0.6) is 0 Å². The summed E-state index contributed by atoms with van der Waals surface area (Å²) >= 11 is 7.99. The third-order valence-electron chi connectivity index (χ3n) is 1.25. The third-order valence-corrected chi connectivity index (χ3v) is 2.06. The van der Waals surface area contributed by atoms with E-state index < -0.39 is 16.8 Å². The van der Waals surface area contributed by atoms with Crippen LogP contribution < -0.4 is 0 Å². The molecule has 0 aliphatic heterocycles. The molecule has 1 aromatic carbocycles. The molecule has 1 nitrogen and oxygen atoms in total. The molecule has 1 rings (SSSR count). The summed E-state index contributed by atoms with van der Waals surface area (Å²) in [5, 5.41) is 6.37. The van der Waals surface area contributed by atoms with Crippen LogP contribution in [0.2, 0.25) is 0 Å². The molecule has 1 N–H and O–H groups in total. The minimum Gasteiger partial charge on any atom is -0.289 e. The van der Waals surface area contributed by atoms with Gasteiger partial charge < -0.3 is 0 Å². The Balaban J connectivity index is 3.33. The Labute approximate surface area is 81.0 Å². The average molecular weight is 254 g/mol. The normalized spacial score (nSPS) is 10.0. The van der Waals surface area contributed by atoms with Gasteiger partial charge in [-0.25, -0.2) is 8.78 Å². The predicted molar refractivity (Wildman–Crippen MR) is 46.7 cm³/mol. The van der Waals surface area contributed by atoms with Gasteiger partial charge >= 0.3 is 0 Å². The van der Waals surface area contributed by atoms with Gasteiger partial charge in [-0.3, -0.25) is 5.41 Å². The van der Waals surface area contributed by atoms with Gasteiger partial charge in [0, 0.05) is 5.56 Å². The van der Waals surface area contributed by atoms with E-state index >= 15 is 0 Å². The maximum absolute atomic E-state index is 12.9.